The summed E-state index contributed by atoms with van der Waals surface area (Å²) < 4.78 is 31.5. The van der Waals surface area contributed by atoms with Crippen molar-refractivity contribution in [1.29, 1.82) is 0 Å². The summed E-state index contributed by atoms with van der Waals surface area (Å²) in [6, 6.07) is 8.34. The number of aryl methyl sites for hydroxylation is 1. The Kier molecular flexibility index (Phi) is 5.72. The molecular weight excluding hydrogens is 392 g/mol. The molecular formula is C20H24N4O4S. The Morgan fingerprint density at radius 3 is 2.59 bits per heavy atom. The van der Waals surface area contributed by atoms with E-state index in [4.69, 9.17) is 4.52 Å². The summed E-state index contributed by atoms with van der Waals surface area (Å²) >= 11 is 0. The normalized spacial score (nSPS) is 12.1. The topological polar surface area (TPSA) is 105 Å². The smallest absolute Gasteiger partial charge is 0.259 e. The lowest BCUT2D eigenvalue weighted by Gasteiger charge is -2.15. The number of nitrogens with one attached hydrogen (secondary N) is 1. The Labute approximate surface area is 170 Å². The van der Waals surface area contributed by atoms with Gasteiger partial charge in [0.15, 0.2) is 0 Å². The Balaban J connectivity index is 1.95. The maximum absolute atomic E-state index is 13.0. The second kappa shape index (κ2) is 7.92. The van der Waals surface area contributed by atoms with Gasteiger partial charge in [-0.05, 0) is 30.5 Å². The predicted molar refractivity (Wildman–Crippen MR) is 109 cm³/mol. The van der Waals surface area contributed by atoms with Gasteiger partial charge in [0.1, 0.15) is 0 Å². The van der Waals surface area contributed by atoms with Crippen molar-refractivity contribution in [1.82, 2.24) is 19.8 Å². The second-order valence-electron chi connectivity index (χ2n) is 7.28. The standard InChI is InChI=1S/C20H24N4O4S/c1-12(2)16-10-15(18-13(3)23-28-20(18)22-16)19(25)21-11-14-8-6-7-9-17(14)29(26,27)24(4)5/h6-10,12H,11H2,1-5H3,(H,21,25). The van der Waals surface area contributed by atoms with Crippen LogP contribution in [0.15, 0.2) is 39.8 Å². The molecule has 0 bridgehead atoms. The molecule has 2 aromatic heterocycles. The van der Waals surface area contributed by atoms with Gasteiger partial charge in [-0.3, -0.25) is 4.79 Å². The van der Waals surface area contributed by atoms with Crippen LogP contribution in [0.1, 0.15) is 47.1 Å². The average Bonchev–Trinajstić information content (AvgIpc) is 3.06. The van der Waals surface area contributed by atoms with Crippen molar-refractivity contribution in [2.75, 3.05) is 14.1 Å². The number of sulfonamides is 1. The van der Waals surface area contributed by atoms with Gasteiger partial charge in [0, 0.05) is 26.3 Å². The zero-order valence-electron chi connectivity index (χ0n) is 17.1. The van der Waals surface area contributed by atoms with Crippen molar-refractivity contribution in [2.45, 2.75) is 38.1 Å². The molecule has 0 aliphatic carbocycles. The quantitative estimate of drug-likeness (QED) is 0.662. The molecule has 0 spiro atoms. The molecule has 0 fully saturated rings. The zero-order valence-corrected chi connectivity index (χ0v) is 17.9. The van der Waals surface area contributed by atoms with Gasteiger partial charge in [-0.1, -0.05) is 37.2 Å². The highest BCUT2D eigenvalue weighted by molar-refractivity contribution is 7.89. The van der Waals surface area contributed by atoms with Crippen molar-refractivity contribution < 1.29 is 17.7 Å². The van der Waals surface area contributed by atoms with E-state index < -0.39 is 10.0 Å². The predicted octanol–water partition coefficient (Wildman–Crippen LogP) is 2.83. The Morgan fingerprint density at radius 2 is 1.93 bits per heavy atom. The summed E-state index contributed by atoms with van der Waals surface area (Å²) in [4.78, 5) is 17.6. The molecule has 0 saturated carbocycles. The number of hydrogen-bond donors (Lipinski definition) is 1. The van der Waals surface area contributed by atoms with Crippen molar-refractivity contribution in [3.05, 3.63) is 52.8 Å². The van der Waals surface area contributed by atoms with Crippen LogP contribution in [0.25, 0.3) is 11.1 Å². The molecule has 2 heterocycles. The number of benzene rings is 1. The molecule has 1 amide bonds. The third-order valence-corrected chi connectivity index (χ3v) is 6.56. The van der Waals surface area contributed by atoms with Gasteiger partial charge in [0.2, 0.25) is 10.0 Å². The van der Waals surface area contributed by atoms with Crippen LogP contribution in [0.3, 0.4) is 0 Å². The van der Waals surface area contributed by atoms with Crippen LogP contribution in [-0.2, 0) is 16.6 Å². The monoisotopic (exact) mass is 416 g/mol. The van der Waals surface area contributed by atoms with Crippen LogP contribution >= 0.6 is 0 Å². The molecule has 3 aromatic rings. The lowest BCUT2D eigenvalue weighted by atomic mass is 10.0. The van der Waals surface area contributed by atoms with Gasteiger partial charge in [0.05, 0.1) is 21.5 Å². The molecule has 9 heteroatoms. The number of carbonyl (C=O) groups excluding carboxylic acids is 1. The Hall–Kier alpha value is -2.78. The first-order valence-electron chi connectivity index (χ1n) is 9.18. The summed E-state index contributed by atoms with van der Waals surface area (Å²) in [6.07, 6.45) is 0. The third kappa shape index (κ3) is 4.01. The van der Waals surface area contributed by atoms with E-state index in [9.17, 15) is 13.2 Å². The minimum absolute atomic E-state index is 0.0627. The molecule has 0 unspecified atom stereocenters. The molecule has 0 aliphatic rings. The Bertz CT molecular complexity index is 1170. The average molecular weight is 417 g/mol. The maximum atomic E-state index is 13.0. The first-order valence-corrected chi connectivity index (χ1v) is 10.6. The minimum Gasteiger partial charge on any atom is -0.348 e. The Morgan fingerprint density at radius 1 is 1.24 bits per heavy atom. The number of aromatic nitrogens is 2. The van der Waals surface area contributed by atoms with Gasteiger partial charge < -0.3 is 9.84 Å². The van der Waals surface area contributed by atoms with Crippen LogP contribution in [0.5, 0.6) is 0 Å². The molecule has 1 aromatic carbocycles. The van der Waals surface area contributed by atoms with Crippen LogP contribution in [0, 0.1) is 6.92 Å². The minimum atomic E-state index is -3.62. The van der Waals surface area contributed by atoms with Gasteiger partial charge >= 0.3 is 0 Å². The number of pyridine rings is 1. The molecule has 29 heavy (non-hydrogen) atoms. The fourth-order valence-corrected chi connectivity index (χ4v) is 4.07. The summed E-state index contributed by atoms with van der Waals surface area (Å²) in [5.41, 5.74) is 2.52. The number of rotatable bonds is 6. The molecule has 154 valence electrons. The first kappa shape index (κ1) is 20.9. The van der Waals surface area contributed by atoms with Gasteiger partial charge in [0.25, 0.3) is 11.6 Å². The maximum Gasteiger partial charge on any atom is 0.259 e. The molecule has 0 saturated heterocycles. The van der Waals surface area contributed by atoms with E-state index in [2.05, 4.69) is 15.5 Å². The molecule has 0 aliphatic heterocycles. The summed E-state index contributed by atoms with van der Waals surface area (Å²) in [5, 5.41) is 7.30. The summed E-state index contributed by atoms with van der Waals surface area (Å²) in [6.45, 7) is 5.76. The van der Waals surface area contributed by atoms with E-state index in [1.807, 2.05) is 13.8 Å². The third-order valence-electron chi connectivity index (χ3n) is 4.64. The molecule has 0 atom stereocenters. The van der Waals surface area contributed by atoms with E-state index in [1.165, 1.54) is 20.2 Å². The van der Waals surface area contributed by atoms with E-state index >= 15 is 0 Å². The SMILES string of the molecule is Cc1noc2nc(C(C)C)cc(C(=O)NCc3ccccc3S(=O)(=O)N(C)C)c12. The molecule has 0 radical (unpaired) electrons. The van der Waals surface area contributed by atoms with E-state index in [-0.39, 0.29) is 23.3 Å². The van der Waals surface area contributed by atoms with E-state index in [1.54, 1.807) is 31.2 Å². The lowest BCUT2D eigenvalue weighted by Crippen LogP contribution is -2.27. The van der Waals surface area contributed by atoms with Crippen molar-refractivity contribution in [3.63, 3.8) is 0 Å². The van der Waals surface area contributed by atoms with E-state index in [0.29, 0.717) is 27.9 Å². The van der Waals surface area contributed by atoms with Crippen LogP contribution in [-0.4, -0.2) is 42.9 Å². The lowest BCUT2D eigenvalue weighted by molar-refractivity contribution is 0.0952. The van der Waals surface area contributed by atoms with Gasteiger partial charge in [-0.15, -0.1) is 0 Å². The van der Waals surface area contributed by atoms with Crippen LogP contribution in [0.4, 0.5) is 0 Å². The highest BCUT2D eigenvalue weighted by Gasteiger charge is 2.23. The number of amides is 1. The van der Waals surface area contributed by atoms with Crippen molar-refractivity contribution in [2.24, 2.45) is 0 Å². The number of fused-ring (bicyclic) bond motifs is 1. The van der Waals surface area contributed by atoms with Crippen molar-refractivity contribution >= 4 is 27.0 Å². The molecule has 8 nitrogen and oxygen atoms in total. The molecule has 3 rings (SSSR count). The van der Waals surface area contributed by atoms with Crippen LogP contribution in [0.2, 0.25) is 0 Å². The number of nitrogens with zero attached hydrogens (tertiary/aromatic N) is 3. The highest BCUT2D eigenvalue weighted by Crippen LogP contribution is 2.25. The largest absolute Gasteiger partial charge is 0.348 e. The fraction of sp³-hybridized carbons (Fsp3) is 0.350. The highest BCUT2D eigenvalue weighted by atomic mass is 32.2. The van der Waals surface area contributed by atoms with Crippen LogP contribution < -0.4 is 5.32 Å². The zero-order chi connectivity index (χ0) is 21.3. The second-order valence-corrected chi connectivity index (χ2v) is 9.40. The summed E-state index contributed by atoms with van der Waals surface area (Å²) in [7, 11) is -0.678. The number of carbonyl (C=O) groups is 1. The first-order chi connectivity index (χ1) is 13.6. The fourth-order valence-electron chi connectivity index (χ4n) is 2.96. The van der Waals surface area contributed by atoms with E-state index in [0.717, 1.165) is 10.00 Å². The number of hydrogen-bond acceptors (Lipinski definition) is 6. The molecule has 1 N–H and O–H groups in total. The van der Waals surface area contributed by atoms with Gasteiger partial charge in [-0.25, -0.2) is 17.7 Å². The van der Waals surface area contributed by atoms with Crippen molar-refractivity contribution in [3.8, 4) is 0 Å². The summed E-state index contributed by atoms with van der Waals surface area (Å²) in [5.74, 6) is -0.245. The van der Waals surface area contributed by atoms with Gasteiger partial charge in [-0.2, -0.15) is 0 Å².